The molecule has 0 bridgehead atoms. The van der Waals surface area contributed by atoms with Crippen LogP contribution in [0.4, 0.5) is 0 Å². The molecule has 0 saturated carbocycles. The van der Waals surface area contributed by atoms with Gasteiger partial charge in [0, 0.05) is 36.1 Å². The van der Waals surface area contributed by atoms with E-state index in [9.17, 15) is 0 Å². The van der Waals surface area contributed by atoms with Crippen LogP contribution < -0.4 is 0 Å². The van der Waals surface area contributed by atoms with E-state index in [2.05, 4.69) is 42.1 Å². The average molecular weight is 228 g/mol. The van der Waals surface area contributed by atoms with Gasteiger partial charge in [-0.2, -0.15) is 0 Å². The minimum absolute atomic E-state index is 1.11. The SMILES string of the molecule is CCc1ccc2c3c([nH]c2c1)CCN(C)CC3. The van der Waals surface area contributed by atoms with Crippen molar-refractivity contribution in [3.63, 3.8) is 0 Å². The number of nitrogens with zero attached hydrogens (tertiary/aromatic N) is 1. The topological polar surface area (TPSA) is 19.0 Å². The highest BCUT2D eigenvalue weighted by atomic mass is 15.1. The molecule has 0 saturated heterocycles. The standard InChI is InChI=1S/C15H20N2/c1-3-11-4-5-12-13-6-8-17(2)9-7-14(13)16-15(12)10-11/h4-5,10,16H,3,6-9H2,1-2H3. The molecule has 90 valence electrons. The molecular formula is C15H20N2. The molecule has 0 atom stereocenters. The van der Waals surface area contributed by atoms with Crippen LogP contribution in [0.25, 0.3) is 10.9 Å². The van der Waals surface area contributed by atoms with Crippen LogP contribution in [0.1, 0.15) is 23.7 Å². The molecule has 1 aliphatic heterocycles. The van der Waals surface area contributed by atoms with Gasteiger partial charge in [0.25, 0.3) is 0 Å². The van der Waals surface area contributed by atoms with Crippen LogP contribution >= 0.6 is 0 Å². The normalized spacial score (nSPS) is 17.1. The predicted molar refractivity (Wildman–Crippen MR) is 72.6 cm³/mol. The molecule has 3 rings (SSSR count). The number of aryl methyl sites for hydroxylation is 1. The van der Waals surface area contributed by atoms with Crippen LogP contribution in [0.3, 0.4) is 0 Å². The summed E-state index contributed by atoms with van der Waals surface area (Å²) in [5, 5.41) is 1.44. The van der Waals surface area contributed by atoms with Gasteiger partial charge in [0.2, 0.25) is 0 Å². The second-order valence-corrected chi connectivity index (χ2v) is 5.12. The molecule has 2 aromatic rings. The van der Waals surface area contributed by atoms with Crippen molar-refractivity contribution < 1.29 is 0 Å². The smallest absolute Gasteiger partial charge is 0.0461 e. The van der Waals surface area contributed by atoms with Gasteiger partial charge in [0.15, 0.2) is 0 Å². The summed E-state index contributed by atoms with van der Waals surface area (Å²) >= 11 is 0. The molecule has 2 heterocycles. The lowest BCUT2D eigenvalue weighted by molar-refractivity contribution is 0.352. The van der Waals surface area contributed by atoms with Crippen LogP contribution in [-0.2, 0) is 19.3 Å². The van der Waals surface area contributed by atoms with E-state index in [4.69, 9.17) is 0 Å². The Balaban J connectivity index is 2.10. The zero-order chi connectivity index (χ0) is 11.8. The summed E-state index contributed by atoms with van der Waals surface area (Å²) in [5.74, 6) is 0. The van der Waals surface area contributed by atoms with E-state index in [1.165, 1.54) is 41.7 Å². The summed E-state index contributed by atoms with van der Waals surface area (Å²) in [6.07, 6.45) is 3.45. The number of likely N-dealkylation sites (N-methyl/N-ethyl adjacent to an activating group) is 1. The van der Waals surface area contributed by atoms with E-state index in [0.717, 1.165) is 12.8 Å². The fraction of sp³-hybridized carbons (Fsp3) is 0.467. The second-order valence-electron chi connectivity index (χ2n) is 5.12. The Labute approximate surface area is 103 Å². The monoisotopic (exact) mass is 228 g/mol. The fourth-order valence-corrected chi connectivity index (χ4v) is 2.79. The zero-order valence-electron chi connectivity index (χ0n) is 10.7. The Bertz CT molecular complexity index is 539. The highest BCUT2D eigenvalue weighted by Crippen LogP contribution is 2.26. The first kappa shape index (κ1) is 10.8. The Morgan fingerprint density at radius 2 is 2.06 bits per heavy atom. The molecule has 1 aromatic carbocycles. The fourth-order valence-electron chi connectivity index (χ4n) is 2.79. The van der Waals surface area contributed by atoms with Gasteiger partial charge < -0.3 is 9.88 Å². The molecule has 17 heavy (non-hydrogen) atoms. The van der Waals surface area contributed by atoms with Crippen molar-refractivity contribution in [2.24, 2.45) is 0 Å². The second kappa shape index (κ2) is 4.19. The molecular weight excluding hydrogens is 208 g/mol. The molecule has 1 N–H and O–H groups in total. The molecule has 2 heteroatoms. The first-order chi connectivity index (χ1) is 8.28. The molecule has 0 spiro atoms. The summed E-state index contributed by atoms with van der Waals surface area (Å²) in [6.45, 7) is 4.56. The lowest BCUT2D eigenvalue weighted by Crippen LogP contribution is -2.21. The third kappa shape index (κ3) is 1.87. The maximum absolute atomic E-state index is 3.62. The Hall–Kier alpha value is -1.28. The zero-order valence-corrected chi connectivity index (χ0v) is 10.7. The van der Waals surface area contributed by atoms with Gasteiger partial charge in [-0.3, -0.25) is 0 Å². The van der Waals surface area contributed by atoms with Crippen LogP contribution in [0, 0.1) is 0 Å². The summed E-state index contributed by atoms with van der Waals surface area (Å²) in [5.41, 5.74) is 5.76. The van der Waals surface area contributed by atoms with E-state index in [0.29, 0.717) is 0 Å². The average Bonchev–Trinajstić information content (AvgIpc) is 2.60. The first-order valence-corrected chi connectivity index (χ1v) is 6.59. The van der Waals surface area contributed by atoms with Crippen molar-refractivity contribution in [3.8, 4) is 0 Å². The molecule has 0 aliphatic carbocycles. The Morgan fingerprint density at radius 3 is 2.88 bits per heavy atom. The van der Waals surface area contributed by atoms with Gasteiger partial charge in [-0.25, -0.2) is 0 Å². The number of rotatable bonds is 1. The van der Waals surface area contributed by atoms with Gasteiger partial charge in [-0.05, 0) is 37.1 Å². The molecule has 0 unspecified atom stereocenters. The van der Waals surface area contributed by atoms with E-state index in [1.807, 2.05) is 0 Å². The van der Waals surface area contributed by atoms with Crippen LogP contribution in [0.2, 0.25) is 0 Å². The highest BCUT2D eigenvalue weighted by Gasteiger charge is 2.16. The number of nitrogens with one attached hydrogen (secondary N) is 1. The third-order valence-corrected chi connectivity index (χ3v) is 3.95. The maximum atomic E-state index is 3.62. The molecule has 0 radical (unpaired) electrons. The van der Waals surface area contributed by atoms with Gasteiger partial charge in [0.1, 0.15) is 0 Å². The van der Waals surface area contributed by atoms with Crippen molar-refractivity contribution in [2.45, 2.75) is 26.2 Å². The van der Waals surface area contributed by atoms with Gasteiger partial charge in [-0.15, -0.1) is 0 Å². The maximum Gasteiger partial charge on any atom is 0.0461 e. The molecule has 1 aliphatic rings. The number of benzene rings is 1. The van der Waals surface area contributed by atoms with Crippen LogP contribution in [-0.4, -0.2) is 30.0 Å². The van der Waals surface area contributed by atoms with E-state index in [-0.39, 0.29) is 0 Å². The number of aromatic amines is 1. The van der Waals surface area contributed by atoms with E-state index in [1.54, 1.807) is 5.56 Å². The quantitative estimate of drug-likeness (QED) is 0.795. The summed E-state index contributed by atoms with van der Waals surface area (Å²) in [6, 6.07) is 6.88. The minimum atomic E-state index is 1.11. The molecule has 2 nitrogen and oxygen atoms in total. The minimum Gasteiger partial charge on any atom is -0.358 e. The number of aromatic nitrogens is 1. The van der Waals surface area contributed by atoms with Gasteiger partial charge >= 0.3 is 0 Å². The lowest BCUT2D eigenvalue weighted by Gasteiger charge is -2.11. The third-order valence-electron chi connectivity index (χ3n) is 3.95. The van der Waals surface area contributed by atoms with Crippen molar-refractivity contribution in [2.75, 3.05) is 20.1 Å². The van der Waals surface area contributed by atoms with Crippen molar-refractivity contribution in [1.82, 2.24) is 9.88 Å². The van der Waals surface area contributed by atoms with Crippen molar-refractivity contribution in [3.05, 3.63) is 35.0 Å². The predicted octanol–water partition coefficient (Wildman–Crippen LogP) is 2.76. The van der Waals surface area contributed by atoms with Crippen LogP contribution in [0.5, 0.6) is 0 Å². The van der Waals surface area contributed by atoms with Crippen molar-refractivity contribution >= 4 is 10.9 Å². The number of H-pyrrole nitrogens is 1. The lowest BCUT2D eigenvalue weighted by atomic mass is 10.0. The Morgan fingerprint density at radius 1 is 1.24 bits per heavy atom. The summed E-state index contributed by atoms with van der Waals surface area (Å²) in [4.78, 5) is 6.04. The molecule has 0 amide bonds. The summed E-state index contributed by atoms with van der Waals surface area (Å²) in [7, 11) is 2.21. The number of hydrogen-bond acceptors (Lipinski definition) is 1. The van der Waals surface area contributed by atoms with E-state index < -0.39 is 0 Å². The van der Waals surface area contributed by atoms with Gasteiger partial charge in [0.05, 0.1) is 0 Å². The molecule has 0 fully saturated rings. The Kier molecular flexibility index (Phi) is 2.67. The largest absolute Gasteiger partial charge is 0.358 e. The highest BCUT2D eigenvalue weighted by molar-refractivity contribution is 5.85. The first-order valence-electron chi connectivity index (χ1n) is 6.59. The molecule has 1 aromatic heterocycles. The van der Waals surface area contributed by atoms with Gasteiger partial charge in [-0.1, -0.05) is 19.1 Å². The number of hydrogen-bond donors (Lipinski definition) is 1. The van der Waals surface area contributed by atoms with Crippen LogP contribution in [0.15, 0.2) is 18.2 Å². The van der Waals surface area contributed by atoms with Crippen molar-refractivity contribution in [1.29, 1.82) is 0 Å². The number of fused-ring (bicyclic) bond motifs is 3. The van der Waals surface area contributed by atoms with E-state index >= 15 is 0 Å². The summed E-state index contributed by atoms with van der Waals surface area (Å²) < 4.78 is 0.